The molecule has 0 unspecified atom stereocenters. The number of aliphatic carboxylic acids is 1. The van der Waals surface area contributed by atoms with E-state index in [2.05, 4.69) is 0 Å². The summed E-state index contributed by atoms with van der Waals surface area (Å²) in [4.78, 5) is 10.3. The fourth-order valence-electron chi connectivity index (χ4n) is 1.03. The fraction of sp³-hybridized carbons (Fsp3) is 0.222. The third-order valence-corrected chi connectivity index (χ3v) is 2.20. The predicted octanol–water partition coefficient (Wildman–Crippen LogP) is 1.77. The molecule has 0 aliphatic heterocycles. The molecule has 0 aliphatic carbocycles. The van der Waals surface area contributed by atoms with E-state index < -0.39 is 11.7 Å². The van der Waals surface area contributed by atoms with Gasteiger partial charge in [0.2, 0.25) is 0 Å². The molecule has 0 fully saturated rings. The number of carboxylic acids is 1. The molecule has 0 atom stereocenters. The van der Waals surface area contributed by atoms with Gasteiger partial charge in [-0.3, -0.25) is 4.79 Å². The number of aromatic hydroxyl groups is 2. The van der Waals surface area contributed by atoms with Crippen LogP contribution in [0.1, 0.15) is 12.0 Å². The number of phenols is 2. The Bertz CT molecular complexity index is 362. The summed E-state index contributed by atoms with van der Waals surface area (Å²) in [5, 5.41) is 26.7. The van der Waals surface area contributed by atoms with Crippen LogP contribution in [0.5, 0.6) is 11.5 Å². The maximum atomic E-state index is 10.3. The Hall–Kier alpha value is -1.42. The van der Waals surface area contributed by atoms with Crippen molar-refractivity contribution in [3.05, 3.63) is 22.7 Å². The monoisotopic (exact) mass is 216 g/mol. The molecule has 0 aliphatic rings. The first-order chi connectivity index (χ1) is 6.52. The third-order valence-electron chi connectivity index (χ3n) is 1.78. The average Bonchev–Trinajstić information content (AvgIpc) is 2.13. The molecule has 5 heteroatoms. The Morgan fingerprint density at radius 3 is 2.57 bits per heavy atom. The number of hydrogen-bond donors (Lipinski definition) is 3. The lowest BCUT2D eigenvalue weighted by Gasteiger charge is -2.05. The van der Waals surface area contributed by atoms with Crippen LogP contribution in [0.2, 0.25) is 5.02 Å². The molecule has 0 amide bonds. The Kier molecular flexibility index (Phi) is 3.19. The van der Waals surface area contributed by atoms with Gasteiger partial charge in [-0.1, -0.05) is 17.7 Å². The predicted molar refractivity (Wildman–Crippen MR) is 50.7 cm³/mol. The molecular formula is C9H9ClO4. The third kappa shape index (κ3) is 2.29. The van der Waals surface area contributed by atoms with Crippen molar-refractivity contribution in [1.82, 2.24) is 0 Å². The summed E-state index contributed by atoms with van der Waals surface area (Å²) in [5.74, 6) is -1.66. The van der Waals surface area contributed by atoms with E-state index in [-0.39, 0.29) is 23.6 Å². The van der Waals surface area contributed by atoms with Crippen LogP contribution >= 0.6 is 11.6 Å². The lowest BCUT2D eigenvalue weighted by Crippen LogP contribution is -1.97. The van der Waals surface area contributed by atoms with Gasteiger partial charge in [-0.15, -0.1) is 0 Å². The van der Waals surface area contributed by atoms with Crippen molar-refractivity contribution < 1.29 is 20.1 Å². The molecule has 0 bridgehead atoms. The zero-order valence-electron chi connectivity index (χ0n) is 7.20. The molecule has 1 aromatic carbocycles. The Morgan fingerprint density at radius 2 is 2.00 bits per heavy atom. The summed E-state index contributed by atoms with van der Waals surface area (Å²) in [6.07, 6.45) is 0.159. The Labute approximate surface area is 85.4 Å². The van der Waals surface area contributed by atoms with Crippen molar-refractivity contribution in [2.75, 3.05) is 0 Å². The van der Waals surface area contributed by atoms with E-state index in [4.69, 9.17) is 21.8 Å². The summed E-state index contributed by atoms with van der Waals surface area (Å²) in [7, 11) is 0. The summed E-state index contributed by atoms with van der Waals surface area (Å²) in [6, 6.07) is 2.76. The Balaban J connectivity index is 2.88. The molecule has 0 saturated heterocycles. The van der Waals surface area contributed by atoms with Gasteiger partial charge < -0.3 is 15.3 Å². The van der Waals surface area contributed by atoms with Gasteiger partial charge in [0, 0.05) is 6.42 Å². The number of rotatable bonds is 3. The van der Waals surface area contributed by atoms with Crippen LogP contribution < -0.4 is 0 Å². The molecule has 0 aromatic heterocycles. The van der Waals surface area contributed by atoms with Gasteiger partial charge in [0.1, 0.15) is 0 Å². The standard InChI is InChI=1S/C9H9ClO4/c10-8-5(2-4-7(12)13)1-3-6(11)9(8)14/h1,3,11,14H,2,4H2,(H,12,13). The highest BCUT2D eigenvalue weighted by molar-refractivity contribution is 6.33. The van der Waals surface area contributed by atoms with Gasteiger partial charge in [0.15, 0.2) is 11.5 Å². The van der Waals surface area contributed by atoms with Gasteiger partial charge >= 0.3 is 5.97 Å². The molecule has 1 rings (SSSR count). The first-order valence-electron chi connectivity index (χ1n) is 3.93. The Morgan fingerprint density at radius 1 is 1.36 bits per heavy atom. The van der Waals surface area contributed by atoms with E-state index in [1.165, 1.54) is 12.1 Å². The second kappa shape index (κ2) is 4.19. The SMILES string of the molecule is O=C(O)CCc1ccc(O)c(O)c1Cl. The van der Waals surface area contributed by atoms with E-state index in [1.54, 1.807) is 0 Å². The normalized spacial score (nSPS) is 10.1. The summed E-state index contributed by atoms with van der Waals surface area (Å²) < 4.78 is 0. The smallest absolute Gasteiger partial charge is 0.303 e. The number of halogens is 1. The van der Waals surface area contributed by atoms with Crippen LogP contribution in [-0.4, -0.2) is 21.3 Å². The maximum absolute atomic E-state index is 10.3. The van der Waals surface area contributed by atoms with Crippen LogP contribution in [0.25, 0.3) is 0 Å². The first-order valence-corrected chi connectivity index (χ1v) is 4.31. The summed E-state index contributed by atoms with van der Waals surface area (Å²) >= 11 is 5.68. The molecule has 0 heterocycles. The molecule has 0 spiro atoms. The van der Waals surface area contributed by atoms with Crippen LogP contribution in [0.15, 0.2) is 12.1 Å². The van der Waals surface area contributed by atoms with Crippen molar-refractivity contribution in [2.45, 2.75) is 12.8 Å². The highest BCUT2D eigenvalue weighted by Gasteiger charge is 2.10. The summed E-state index contributed by atoms with van der Waals surface area (Å²) in [6.45, 7) is 0. The molecular weight excluding hydrogens is 208 g/mol. The van der Waals surface area contributed by atoms with E-state index in [1.807, 2.05) is 0 Å². The minimum atomic E-state index is -0.936. The second-order valence-corrected chi connectivity index (χ2v) is 3.18. The fourth-order valence-corrected chi connectivity index (χ4v) is 1.29. The minimum absolute atomic E-state index is 0.00579. The van der Waals surface area contributed by atoms with E-state index >= 15 is 0 Å². The number of carboxylic acid groups (broad SMARTS) is 1. The number of carbonyl (C=O) groups is 1. The largest absolute Gasteiger partial charge is 0.504 e. The number of hydrogen-bond acceptors (Lipinski definition) is 3. The zero-order valence-corrected chi connectivity index (χ0v) is 7.95. The number of benzene rings is 1. The molecule has 3 N–H and O–H groups in total. The van der Waals surface area contributed by atoms with Crippen molar-refractivity contribution in [3.8, 4) is 11.5 Å². The van der Waals surface area contributed by atoms with Gasteiger partial charge in [0.25, 0.3) is 0 Å². The highest BCUT2D eigenvalue weighted by atomic mass is 35.5. The topological polar surface area (TPSA) is 77.8 Å². The van der Waals surface area contributed by atoms with Gasteiger partial charge in [-0.2, -0.15) is 0 Å². The van der Waals surface area contributed by atoms with E-state index in [0.717, 1.165) is 0 Å². The highest BCUT2D eigenvalue weighted by Crippen LogP contribution is 2.35. The molecule has 4 nitrogen and oxygen atoms in total. The molecule has 1 aromatic rings. The molecule has 76 valence electrons. The maximum Gasteiger partial charge on any atom is 0.303 e. The molecule has 14 heavy (non-hydrogen) atoms. The molecule has 0 saturated carbocycles. The van der Waals surface area contributed by atoms with Crippen molar-refractivity contribution in [2.24, 2.45) is 0 Å². The second-order valence-electron chi connectivity index (χ2n) is 2.80. The summed E-state index contributed by atoms with van der Waals surface area (Å²) in [5.41, 5.74) is 0.504. The zero-order chi connectivity index (χ0) is 10.7. The van der Waals surface area contributed by atoms with Crippen molar-refractivity contribution in [3.63, 3.8) is 0 Å². The van der Waals surface area contributed by atoms with Crippen LogP contribution in [0.3, 0.4) is 0 Å². The average molecular weight is 217 g/mol. The van der Waals surface area contributed by atoms with Gasteiger partial charge in [-0.25, -0.2) is 0 Å². The van der Waals surface area contributed by atoms with Gasteiger partial charge in [-0.05, 0) is 18.1 Å². The van der Waals surface area contributed by atoms with Crippen molar-refractivity contribution in [1.29, 1.82) is 0 Å². The lowest BCUT2D eigenvalue weighted by atomic mass is 10.1. The van der Waals surface area contributed by atoms with Crippen LogP contribution in [0, 0.1) is 0 Å². The van der Waals surface area contributed by atoms with Gasteiger partial charge in [0.05, 0.1) is 5.02 Å². The van der Waals surface area contributed by atoms with Crippen LogP contribution in [-0.2, 0) is 11.2 Å². The van der Waals surface area contributed by atoms with E-state index in [0.29, 0.717) is 5.56 Å². The van der Waals surface area contributed by atoms with E-state index in [9.17, 15) is 9.90 Å². The quantitative estimate of drug-likeness (QED) is 0.673. The molecule has 0 radical (unpaired) electrons. The number of aryl methyl sites for hydroxylation is 1. The van der Waals surface area contributed by atoms with Crippen LogP contribution in [0.4, 0.5) is 0 Å². The van der Waals surface area contributed by atoms with Crippen molar-refractivity contribution >= 4 is 17.6 Å². The minimum Gasteiger partial charge on any atom is -0.504 e. The first kappa shape index (κ1) is 10.7. The lowest BCUT2D eigenvalue weighted by molar-refractivity contribution is -0.136. The number of phenolic OH excluding ortho intramolecular Hbond substituents is 2.